The largest absolute Gasteiger partial charge is 0.340 e. The molecule has 2 aromatic rings. The number of amides is 1. The first-order chi connectivity index (χ1) is 14.1. The highest BCUT2D eigenvalue weighted by Gasteiger charge is 2.30. The smallest absolute Gasteiger partial charge is 0.225 e. The molecule has 7 heteroatoms. The van der Waals surface area contributed by atoms with E-state index in [2.05, 4.69) is 62.9 Å². The van der Waals surface area contributed by atoms with E-state index < -0.39 is 0 Å². The van der Waals surface area contributed by atoms with Crippen molar-refractivity contribution in [1.82, 2.24) is 29.8 Å². The second-order valence-corrected chi connectivity index (χ2v) is 8.57. The van der Waals surface area contributed by atoms with Crippen LogP contribution in [-0.2, 0) is 11.3 Å². The summed E-state index contributed by atoms with van der Waals surface area (Å²) in [5.74, 6) is 1.67. The number of fused-ring (bicyclic) bond motifs is 1. The number of nitrogens with one attached hydrogen (secondary N) is 1. The Kier molecular flexibility index (Phi) is 6.18. The SMILES string of the molecule is CNN1CCN(C(=O)C2CCN(Cc3nc4ccccc4n3C(C)C)CC2)CC1. The van der Waals surface area contributed by atoms with Crippen molar-refractivity contribution in [2.45, 2.75) is 39.3 Å². The molecule has 0 spiro atoms. The fraction of sp³-hybridized carbons (Fsp3) is 0.636. The lowest BCUT2D eigenvalue weighted by atomic mass is 9.95. The van der Waals surface area contributed by atoms with Crippen molar-refractivity contribution in [3.63, 3.8) is 0 Å². The van der Waals surface area contributed by atoms with Crippen molar-refractivity contribution in [1.29, 1.82) is 0 Å². The minimum Gasteiger partial charge on any atom is -0.340 e. The van der Waals surface area contributed by atoms with Gasteiger partial charge in [-0.1, -0.05) is 12.1 Å². The minimum absolute atomic E-state index is 0.177. The summed E-state index contributed by atoms with van der Waals surface area (Å²) in [6.45, 7) is 10.7. The van der Waals surface area contributed by atoms with Crippen LogP contribution in [0.3, 0.4) is 0 Å². The Morgan fingerprint density at radius 2 is 1.79 bits per heavy atom. The standard InChI is InChI=1S/C22H34N6O/c1-17(2)28-20-7-5-4-6-19(20)24-21(28)16-25-10-8-18(9-11-25)22(29)26-12-14-27(23-3)15-13-26/h4-7,17-18,23H,8-16H2,1-3H3. The molecule has 1 aromatic heterocycles. The summed E-state index contributed by atoms with van der Waals surface area (Å²) in [6, 6.07) is 8.77. The number of para-hydroxylation sites is 2. The zero-order valence-corrected chi connectivity index (χ0v) is 18.0. The van der Waals surface area contributed by atoms with Crippen LogP contribution in [0.15, 0.2) is 24.3 Å². The van der Waals surface area contributed by atoms with Gasteiger partial charge in [-0.15, -0.1) is 0 Å². The van der Waals surface area contributed by atoms with E-state index in [1.165, 1.54) is 5.52 Å². The van der Waals surface area contributed by atoms with Gasteiger partial charge in [0.05, 0.1) is 17.6 Å². The third kappa shape index (κ3) is 4.32. The van der Waals surface area contributed by atoms with Gasteiger partial charge in [-0.25, -0.2) is 9.99 Å². The first-order valence-electron chi connectivity index (χ1n) is 11.0. The molecule has 2 saturated heterocycles. The highest BCUT2D eigenvalue weighted by Crippen LogP contribution is 2.25. The van der Waals surface area contributed by atoms with Crippen LogP contribution in [0.5, 0.6) is 0 Å². The normalized spacial score (nSPS) is 20.1. The van der Waals surface area contributed by atoms with Gasteiger partial charge in [-0.3, -0.25) is 15.1 Å². The molecule has 0 atom stereocenters. The highest BCUT2D eigenvalue weighted by molar-refractivity contribution is 5.79. The number of hydrogen-bond acceptors (Lipinski definition) is 5. The molecule has 1 N–H and O–H groups in total. The number of carbonyl (C=O) groups is 1. The quantitative estimate of drug-likeness (QED) is 0.836. The summed E-state index contributed by atoms with van der Waals surface area (Å²) < 4.78 is 2.35. The van der Waals surface area contributed by atoms with Crippen LogP contribution >= 0.6 is 0 Å². The van der Waals surface area contributed by atoms with Crippen LogP contribution in [0.2, 0.25) is 0 Å². The summed E-state index contributed by atoms with van der Waals surface area (Å²) in [5.41, 5.74) is 5.46. The Labute approximate surface area is 173 Å². The molecule has 0 saturated carbocycles. The minimum atomic E-state index is 0.177. The molecule has 1 amide bonds. The lowest BCUT2D eigenvalue weighted by molar-refractivity contribution is -0.139. The van der Waals surface area contributed by atoms with Gasteiger partial charge in [0, 0.05) is 38.1 Å². The number of carbonyl (C=O) groups excluding carboxylic acids is 1. The summed E-state index contributed by atoms with van der Waals surface area (Å²) in [4.78, 5) is 22.4. The van der Waals surface area contributed by atoms with Crippen molar-refractivity contribution in [3.05, 3.63) is 30.1 Å². The van der Waals surface area contributed by atoms with E-state index >= 15 is 0 Å². The maximum absolute atomic E-state index is 12.9. The van der Waals surface area contributed by atoms with Gasteiger partial charge >= 0.3 is 0 Å². The Bertz CT molecular complexity index is 831. The van der Waals surface area contributed by atoms with Gasteiger partial charge in [0.1, 0.15) is 5.82 Å². The number of piperazine rings is 1. The van der Waals surface area contributed by atoms with Crippen molar-refractivity contribution in [2.75, 3.05) is 46.3 Å². The van der Waals surface area contributed by atoms with Gasteiger partial charge in [0.2, 0.25) is 5.91 Å². The predicted octanol–water partition coefficient (Wildman–Crippen LogP) is 2.11. The van der Waals surface area contributed by atoms with E-state index in [0.29, 0.717) is 11.9 Å². The summed E-state index contributed by atoms with van der Waals surface area (Å²) in [6.07, 6.45) is 1.90. The fourth-order valence-electron chi connectivity index (χ4n) is 4.73. The van der Waals surface area contributed by atoms with Gasteiger partial charge in [-0.2, -0.15) is 0 Å². The van der Waals surface area contributed by atoms with Crippen LogP contribution in [0.1, 0.15) is 38.6 Å². The van der Waals surface area contributed by atoms with Gasteiger partial charge in [0.15, 0.2) is 0 Å². The van der Waals surface area contributed by atoms with E-state index in [0.717, 1.165) is 70.0 Å². The van der Waals surface area contributed by atoms with E-state index in [-0.39, 0.29) is 5.92 Å². The van der Waals surface area contributed by atoms with Gasteiger partial charge in [0.25, 0.3) is 0 Å². The molecule has 158 valence electrons. The van der Waals surface area contributed by atoms with Crippen LogP contribution < -0.4 is 5.43 Å². The number of imidazole rings is 1. The second kappa shape index (κ2) is 8.81. The fourth-order valence-corrected chi connectivity index (χ4v) is 4.73. The maximum Gasteiger partial charge on any atom is 0.225 e. The third-order valence-corrected chi connectivity index (χ3v) is 6.39. The summed E-state index contributed by atoms with van der Waals surface area (Å²) in [5, 5.41) is 2.17. The van der Waals surface area contributed by atoms with Crippen LogP contribution in [0.25, 0.3) is 11.0 Å². The molecule has 2 aliphatic heterocycles. The Hall–Kier alpha value is -1.96. The van der Waals surface area contributed by atoms with E-state index in [1.807, 2.05) is 7.05 Å². The number of hydrazine groups is 1. The highest BCUT2D eigenvalue weighted by atomic mass is 16.2. The second-order valence-electron chi connectivity index (χ2n) is 8.57. The van der Waals surface area contributed by atoms with Crippen molar-refractivity contribution in [2.24, 2.45) is 5.92 Å². The lowest BCUT2D eigenvalue weighted by Crippen LogP contribution is -2.54. The van der Waals surface area contributed by atoms with Crippen LogP contribution in [0.4, 0.5) is 0 Å². The number of aromatic nitrogens is 2. The lowest BCUT2D eigenvalue weighted by Gasteiger charge is -2.38. The Balaban J connectivity index is 1.35. The molecule has 3 heterocycles. The molecular formula is C22H34N6O. The van der Waals surface area contributed by atoms with Crippen LogP contribution in [0, 0.1) is 5.92 Å². The zero-order valence-electron chi connectivity index (χ0n) is 18.0. The van der Waals surface area contributed by atoms with E-state index in [9.17, 15) is 4.79 Å². The number of rotatable bonds is 5. The number of likely N-dealkylation sites (tertiary alicyclic amines) is 1. The molecule has 7 nitrogen and oxygen atoms in total. The third-order valence-electron chi connectivity index (χ3n) is 6.39. The molecule has 2 aliphatic rings. The zero-order chi connectivity index (χ0) is 20.4. The molecule has 0 aliphatic carbocycles. The van der Waals surface area contributed by atoms with Crippen molar-refractivity contribution < 1.29 is 4.79 Å². The van der Waals surface area contributed by atoms with Crippen molar-refractivity contribution >= 4 is 16.9 Å². The first kappa shape index (κ1) is 20.3. The van der Waals surface area contributed by atoms with E-state index in [1.54, 1.807) is 0 Å². The Morgan fingerprint density at radius 1 is 1.10 bits per heavy atom. The molecule has 1 aromatic carbocycles. The molecule has 4 rings (SSSR count). The van der Waals surface area contributed by atoms with Crippen LogP contribution in [-0.4, -0.2) is 76.6 Å². The maximum atomic E-state index is 12.9. The monoisotopic (exact) mass is 398 g/mol. The molecule has 0 unspecified atom stereocenters. The van der Waals surface area contributed by atoms with Gasteiger partial charge in [-0.05, 0) is 59.0 Å². The number of benzene rings is 1. The number of nitrogens with zero attached hydrogens (tertiary/aromatic N) is 5. The predicted molar refractivity (Wildman–Crippen MR) is 115 cm³/mol. The summed E-state index contributed by atoms with van der Waals surface area (Å²) in [7, 11) is 1.95. The average molecular weight is 399 g/mol. The topological polar surface area (TPSA) is 56.6 Å². The first-order valence-corrected chi connectivity index (χ1v) is 11.0. The van der Waals surface area contributed by atoms with Gasteiger partial charge < -0.3 is 9.47 Å². The van der Waals surface area contributed by atoms with E-state index in [4.69, 9.17) is 4.98 Å². The molecule has 0 radical (unpaired) electrons. The number of hydrogen-bond donors (Lipinski definition) is 1. The summed E-state index contributed by atoms with van der Waals surface area (Å²) >= 11 is 0. The molecular weight excluding hydrogens is 364 g/mol. The molecule has 29 heavy (non-hydrogen) atoms. The molecule has 0 bridgehead atoms. The average Bonchev–Trinajstić information content (AvgIpc) is 3.12. The number of piperidine rings is 1. The molecule has 2 fully saturated rings. The Morgan fingerprint density at radius 3 is 2.45 bits per heavy atom. The van der Waals surface area contributed by atoms with Crippen molar-refractivity contribution in [3.8, 4) is 0 Å².